The van der Waals surface area contributed by atoms with Crippen molar-refractivity contribution >= 4 is 23.4 Å². The van der Waals surface area contributed by atoms with Crippen molar-refractivity contribution in [2.24, 2.45) is 0 Å². The third-order valence-corrected chi connectivity index (χ3v) is 6.33. The van der Waals surface area contributed by atoms with E-state index in [4.69, 9.17) is 16.3 Å². The minimum atomic E-state index is -0.712. The molecule has 0 heterocycles. The Morgan fingerprint density at radius 1 is 0.972 bits per heavy atom. The van der Waals surface area contributed by atoms with Crippen LogP contribution in [0.4, 0.5) is 0 Å². The van der Waals surface area contributed by atoms with Gasteiger partial charge in [-0.3, -0.25) is 9.59 Å². The molecular formula is C30H35ClN2O3. The second kappa shape index (κ2) is 13.7. The van der Waals surface area contributed by atoms with Crippen molar-refractivity contribution in [3.05, 3.63) is 100 Å². The predicted octanol–water partition coefficient (Wildman–Crippen LogP) is 5.89. The molecule has 0 aromatic heterocycles. The molecule has 0 aliphatic carbocycles. The number of carbonyl (C=O) groups excluding carboxylic acids is 2. The maximum Gasteiger partial charge on any atom is 0.261 e. The fraction of sp³-hybridized carbons (Fsp3) is 0.333. The lowest BCUT2D eigenvalue weighted by molar-refractivity contribution is -0.142. The first-order valence-corrected chi connectivity index (χ1v) is 12.8. The topological polar surface area (TPSA) is 58.6 Å². The highest BCUT2D eigenvalue weighted by Crippen LogP contribution is 2.21. The third-order valence-electron chi connectivity index (χ3n) is 5.96. The molecule has 0 saturated heterocycles. The van der Waals surface area contributed by atoms with Crippen LogP contribution in [0.25, 0.3) is 0 Å². The summed E-state index contributed by atoms with van der Waals surface area (Å²) in [5.41, 5.74) is 3.86. The van der Waals surface area contributed by atoms with E-state index in [2.05, 4.69) is 18.3 Å². The van der Waals surface area contributed by atoms with Gasteiger partial charge in [-0.2, -0.15) is 0 Å². The summed E-state index contributed by atoms with van der Waals surface area (Å²) in [4.78, 5) is 28.7. The highest BCUT2D eigenvalue weighted by atomic mass is 35.5. The van der Waals surface area contributed by atoms with Crippen LogP contribution in [-0.4, -0.2) is 35.9 Å². The second-order valence-corrected chi connectivity index (χ2v) is 9.48. The van der Waals surface area contributed by atoms with E-state index >= 15 is 0 Å². The maximum atomic E-state index is 13.6. The van der Waals surface area contributed by atoms with Gasteiger partial charge in [-0.15, -0.1) is 0 Å². The van der Waals surface area contributed by atoms with E-state index in [1.807, 2.05) is 74.5 Å². The largest absolute Gasteiger partial charge is 0.484 e. The molecule has 0 aliphatic rings. The minimum Gasteiger partial charge on any atom is -0.484 e. The Kier molecular flexibility index (Phi) is 10.4. The van der Waals surface area contributed by atoms with Crippen molar-refractivity contribution in [2.75, 3.05) is 13.2 Å². The standard InChI is InChI=1S/C30H35ClN2O3/c1-4-5-15-32-30(35)28(19-24-11-7-6-8-12-24)33(20-25-13-9-10-14-27(25)31)29(34)21-36-26-17-22(2)16-23(3)18-26/h6-14,16-18,28H,4-5,15,19-21H2,1-3H3,(H,32,35)/t28-/m1/s1. The number of nitrogens with one attached hydrogen (secondary N) is 1. The number of benzene rings is 3. The number of aryl methyl sites for hydroxylation is 2. The molecule has 3 rings (SSSR count). The molecule has 190 valence electrons. The number of nitrogens with zero attached hydrogens (tertiary/aromatic N) is 1. The van der Waals surface area contributed by atoms with Gasteiger partial charge in [0.05, 0.1) is 0 Å². The molecule has 0 unspecified atom stereocenters. The van der Waals surface area contributed by atoms with Gasteiger partial charge >= 0.3 is 0 Å². The monoisotopic (exact) mass is 506 g/mol. The van der Waals surface area contributed by atoms with Crippen molar-refractivity contribution < 1.29 is 14.3 Å². The molecule has 5 nitrogen and oxygen atoms in total. The van der Waals surface area contributed by atoms with E-state index in [1.165, 1.54) is 0 Å². The molecular weight excluding hydrogens is 472 g/mol. The summed E-state index contributed by atoms with van der Waals surface area (Å²) in [6.07, 6.45) is 2.23. The van der Waals surface area contributed by atoms with Crippen molar-refractivity contribution in [1.29, 1.82) is 0 Å². The Hall–Kier alpha value is -3.31. The molecule has 1 N–H and O–H groups in total. The number of amides is 2. The van der Waals surface area contributed by atoms with Crippen LogP contribution in [0.5, 0.6) is 5.75 Å². The van der Waals surface area contributed by atoms with Crippen LogP contribution in [0.1, 0.15) is 42.0 Å². The summed E-state index contributed by atoms with van der Waals surface area (Å²) in [7, 11) is 0. The molecule has 1 atom stereocenters. The van der Waals surface area contributed by atoms with Gasteiger partial charge in [0.25, 0.3) is 5.91 Å². The summed E-state index contributed by atoms with van der Waals surface area (Å²) in [5.74, 6) is 0.172. The third kappa shape index (κ3) is 8.13. The molecule has 0 bridgehead atoms. The Labute approximate surface area is 219 Å². The number of rotatable bonds is 12. The Balaban J connectivity index is 1.90. The number of carbonyl (C=O) groups is 2. The van der Waals surface area contributed by atoms with Gasteiger partial charge in [0, 0.05) is 24.5 Å². The van der Waals surface area contributed by atoms with Gasteiger partial charge in [0.15, 0.2) is 6.61 Å². The van der Waals surface area contributed by atoms with E-state index in [9.17, 15) is 9.59 Å². The molecule has 0 spiro atoms. The highest BCUT2D eigenvalue weighted by molar-refractivity contribution is 6.31. The lowest BCUT2D eigenvalue weighted by Crippen LogP contribution is -2.51. The number of halogens is 1. The van der Waals surface area contributed by atoms with Crippen LogP contribution in [0, 0.1) is 13.8 Å². The highest BCUT2D eigenvalue weighted by Gasteiger charge is 2.31. The fourth-order valence-corrected chi connectivity index (χ4v) is 4.31. The van der Waals surface area contributed by atoms with Crippen LogP contribution in [-0.2, 0) is 22.6 Å². The van der Waals surface area contributed by atoms with Crippen LogP contribution in [0.3, 0.4) is 0 Å². The van der Waals surface area contributed by atoms with Crippen molar-refractivity contribution in [3.8, 4) is 5.75 Å². The summed E-state index contributed by atoms with van der Waals surface area (Å²) < 4.78 is 5.90. The van der Waals surface area contributed by atoms with E-state index in [0.29, 0.717) is 23.7 Å². The quantitative estimate of drug-likeness (QED) is 0.311. The molecule has 3 aromatic rings. The van der Waals surface area contributed by atoms with Crippen LogP contribution < -0.4 is 10.1 Å². The number of ether oxygens (including phenoxy) is 1. The Morgan fingerprint density at radius 3 is 2.31 bits per heavy atom. The zero-order chi connectivity index (χ0) is 25.9. The Morgan fingerprint density at radius 2 is 1.64 bits per heavy atom. The average Bonchev–Trinajstić information content (AvgIpc) is 2.86. The van der Waals surface area contributed by atoms with Gasteiger partial charge < -0.3 is 15.0 Å². The summed E-state index contributed by atoms with van der Waals surface area (Å²) in [6, 6.07) is 22.3. The lowest BCUT2D eigenvalue weighted by atomic mass is 10.0. The number of unbranched alkanes of at least 4 members (excludes halogenated alkanes) is 1. The zero-order valence-electron chi connectivity index (χ0n) is 21.3. The number of hydrogen-bond donors (Lipinski definition) is 1. The van der Waals surface area contributed by atoms with Gasteiger partial charge in [0.1, 0.15) is 11.8 Å². The van der Waals surface area contributed by atoms with Crippen molar-refractivity contribution in [3.63, 3.8) is 0 Å². The zero-order valence-corrected chi connectivity index (χ0v) is 22.1. The molecule has 36 heavy (non-hydrogen) atoms. The van der Waals surface area contributed by atoms with Crippen LogP contribution in [0.2, 0.25) is 5.02 Å². The molecule has 3 aromatic carbocycles. The molecule has 0 radical (unpaired) electrons. The molecule has 6 heteroatoms. The first kappa shape index (κ1) is 27.3. The van der Waals surface area contributed by atoms with Gasteiger partial charge in [-0.25, -0.2) is 0 Å². The summed E-state index contributed by atoms with van der Waals surface area (Å²) >= 11 is 6.46. The van der Waals surface area contributed by atoms with Gasteiger partial charge in [0.2, 0.25) is 5.91 Å². The first-order chi connectivity index (χ1) is 17.4. The van der Waals surface area contributed by atoms with Crippen LogP contribution >= 0.6 is 11.6 Å². The molecule has 0 saturated carbocycles. The normalized spacial score (nSPS) is 11.6. The second-order valence-electron chi connectivity index (χ2n) is 9.08. The lowest BCUT2D eigenvalue weighted by Gasteiger charge is -2.31. The predicted molar refractivity (Wildman–Crippen MR) is 145 cm³/mol. The maximum absolute atomic E-state index is 13.6. The SMILES string of the molecule is CCCCNC(=O)[C@@H](Cc1ccccc1)N(Cc1ccccc1Cl)C(=O)COc1cc(C)cc(C)c1. The van der Waals surface area contributed by atoms with E-state index in [-0.39, 0.29) is 25.0 Å². The van der Waals surface area contributed by atoms with Crippen molar-refractivity contribution in [2.45, 2.75) is 52.6 Å². The van der Waals surface area contributed by atoms with Crippen LogP contribution in [0.15, 0.2) is 72.8 Å². The van der Waals surface area contributed by atoms with Crippen molar-refractivity contribution in [1.82, 2.24) is 10.2 Å². The molecule has 2 amide bonds. The van der Waals surface area contributed by atoms with E-state index in [0.717, 1.165) is 35.1 Å². The smallest absolute Gasteiger partial charge is 0.261 e. The fourth-order valence-electron chi connectivity index (χ4n) is 4.11. The first-order valence-electron chi connectivity index (χ1n) is 12.4. The van der Waals surface area contributed by atoms with E-state index in [1.54, 1.807) is 11.0 Å². The molecule has 0 fully saturated rings. The Bertz CT molecular complexity index is 1130. The minimum absolute atomic E-state index is 0.180. The van der Waals surface area contributed by atoms with Gasteiger partial charge in [-0.05, 0) is 60.7 Å². The summed E-state index contributed by atoms with van der Waals surface area (Å²) in [5, 5.41) is 3.57. The average molecular weight is 507 g/mol. The number of hydrogen-bond acceptors (Lipinski definition) is 3. The van der Waals surface area contributed by atoms with E-state index < -0.39 is 6.04 Å². The molecule has 0 aliphatic heterocycles. The van der Waals surface area contributed by atoms with Gasteiger partial charge in [-0.1, -0.05) is 79.5 Å². The summed E-state index contributed by atoms with van der Waals surface area (Å²) in [6.45, 7) is 6.64.